The van der Waals surface area contributed by atoms with Crippen molar-refractivity contribution in [1.29, 1.82) is 0 Å². The molecule has 5 nitrogen and oxygen atoms in total. The fourth-order valence-electron chi connectivity index (χ4n) is 4.19. The van der Waals surface area contributed by atoms with Crippen LogP contribution in [0.15, 0.2) is 53.4 Å². The first-order valence-corrected chi connectivity index (χ1v) is 11.5. The third kappa shape index (κ3) is 3.78. The third-order valence-electron chi connectivity index (χ3n) is 5.81. The Morgan fingerprint density at radius 1 is 1.04 bits per heavy atom. The molecule has 4 rings (SSSR count). The lowest BCUT2D eigenvalue weighted by Gasteiger charge is -2.22. The Labute approximate surface area is 166 Å². The van der Waals surface area contributed by atoms with Crippen LogP contribution in [0.5, 0.6) is 0 Å². The Kier molecular flexibility index (Phi) is 5.40. The molecule has 0 bridgehead atoms. The molecule has 1 aliphatic heterocycles. The normalized spacial score (nSPS) is 17.4. The van der Waals surface area contributed by atoms with Gasteiger partial charge in [0, 0.05) is 18.7 Å². The Hall–Kier alpha value is -2.34. The second kappa shape index (κ2) is 7.95. The van der Waals surface area contributed by atoms with E-state index in [1.807, 2.05) is 6.07 Å². The fraction of sp³-hybridized carbons (Fsp3) is 0.409. The van der Waals surface area contributed by atoms with E-state index in [9.17, 15) is 13.2 Å². The van der Waals surface area contributed by atoms with Crippen LogP contribution in [0, 0.1) is 5.92 Å². The molecule has 0 spiro atoms. The Morgan fingerprint density at radius 3 is 2.54 bits per heavy atom. The zero-order valence-electron chi connectivity index (χ0n) is 15.9. The van der Waals surface area contributed by atoms with E-state index in [0.717, 1.165) is 5.56 Å². The van der Waals surface area contributed by atoms with E-state index in [2.05, 4.69) is 5.32 Å². The molecule has 2 aromatic carbocycles. The van der Waals surface area contributed by atoms with Crippen LogP contribution in [0.3, 0.4) is 0 Å². The van der Waals surface area contributed by atoms with Gasteiger partial charge in [0.2, 0.25) is 0 Å². The van der Waals surface area contributed by atoms with Crippen molar-refractivity contribution < 1.29 is 13.2 Å². The van der Waals surface area contributed by atoms with Gasteiger partial charge in [0.25, 0.3) is 15.9 Å². The van der Waals surface area contributed by atoms with Crippen molar-refractivity contribution >= 4 is 21.6 Å². The lowest BCUT2D eigenvalue weighted by Crippen LogP contribution is -2.31. The van der Waals surface area contributed by atoms with Gasteiger partial charge in [-0.25, -0.2) is 8.42 Å². The number of carbonyl (C=O) groups excluding carboxylic acids is 1. The van der Waals surface area contributed by atoms with Crippen LogP contribution < -0.4 is 9.62 Å². The van der Waals surface area contributed by atoms with Crippen molar-refractivity contribution in [3.8, 4) is 0 Å². The highest BCUT2D eigenvalue weighted by Crippen LogP contribution is 2.33. The number of fused-ring (bicyclic) bond motifs is 1. The summed E-state index contributed by atoms with van der Waals surface area (Å²) in [6, 6.07) is 13.9. The highest BCUT2D eigenvalue weighted by molar-refractivity contribution is 7.92. The number of amides is 1. The minimum absolute atomic E-state index is 0.127. The second-order valence-electron chi connectivity index (χ2n) is 7.70. The molecule has 0 unspecified atom stereocenters. The summed E-state index contributed by atoms with van der Waals surface area (Å²) in [7, 11) is -3.62. The summed E-state index contributed by atoms with van der Waals surface area (Å²) in [4.78, 5) is 12.9. The van der Waals surface area contributed by atoms with Crippen molar-refractivity contribution in [3.05, 3.63) is 59.7 Å². The largest absolute Gasteiger partial charge is 0.352 e. The van der Waals surface area contributed by atoms with E-state index in [4.69, 9.17) is 0 Å². The predicted octanol–water partition coefficient (Wildman–Crippen LogP) is 3.75. The molecule has 0 radical (unpaired) electrons. The van der Waals surface area contributed by atoms with Gasteiger partial charge in [-0.1, -0.05) is 43.5 Å². The zero-order chi connectivity index (χ0) is 19.6. The number of sulfonamides is 1. The molecule has 0 saturated heterocycles. The molecular weight excluding hydrogens is 372 g/mol. The van der Waals surface area contributed by atoms with Crippen LogP contribution in [-0.4, -0.2) is 27.4 Å². The number of nitrogens with one attached hydrogen (secondary N) is 1. The van der Waals surface area contributed by atoms with Gasteiger partial charge in [-0.05, 0) is 55.0 Å². The van der Waals surface area contributed by atoms with Gasteiger partial charge in [0.05, 0.1) is 10.6 Å². The minimum Gasteiger partial charge on any atom is -0.352 e. The lowest BCUT2D eigenvalue weighted by molar-refractivity contribution is 0.0943. The minimum atomic E-state index is -3.62. The number of nitrogens with zero attached hydrogens (tertiary/aromatic N) is 1. The van der Waals surface area contributed by atoms with Gasteiger partial charge < -0.3 is 5.32 Å². The molecule has 28 heavy (non-hydrogen) atoms. The molecule has 1 aliphatic carbocycles. The summed E-state index contributed by atoms with van der Waals surface area (Å²) >= 11 is 0. The maximum atomic E-state index is 13.0. The topological polar surface area (TPSA) is 66.5 Å². The van der Waals surface area contributed by atoms with E-state index in [1.54, 1.807) is 42.5 Å². The predicted molar refractivity (Wildman–Crippen MR) is 110 cm³/mol. The van der Waals surface area contributed by atoms with Gasteiger partial charge >= 0.3 is 0 Å². The second-order valence-corrected chi connectivity index (χ2v) is 9.56. The molecular formula is C22H26N2O3S. The standard InChI is InChI=1S/C22H26N2O3S/c25-22(23-16-17-7-3-1-4-8-17)19-12-11-18-13-14-24(21(18)15-19)28(26,27)20-9-5-2-6-10-20/h2,5-6,9-12,15,17H,1,3-4,7-8,13-14,16H2,(H,23,25). The van der Waals surface area contributed by atoms with Crippen LogP contribution >= 0.6 is 0 Å². The molecule has 1 N–H and O–H groups in total. The summed E-state index contributed by atoms with van der Waals surface area (Å²) in [5, 5.41) is 3.04. The molecule has 1 heterocycles. The summed E-state index contributed by atoms with van der Waals surface area (Å²) in [6.07, 6.45) is 6.78. The molecule has 1 amide bonds. The molecule has 0 aromatic heterocycles. The maximum Gasteiger partial charge on any atom is 0.264 e. The van der Waals surface area contributed by atoms with E-state index in [0.29, 0.717) is 36.7 Å². The Bertz CT molecular complexity index is 951. The molecule has 6 heteroatoms. The Morgan fingerprint density at radius 2 is 1.79 bits per heavy atom. The monoisotopic (exact) mass is 398 g/mol. The zero-order valence-corrected chi connectivity index (χ0v) is 16.7. The molecule has 2 aliphatic rings. The number of anilines is 1. The summed E-state index contributed by atoms with van der Waals surface area (Å²) in [6.45, 7) is 1.10. The van der Waals surface area contributed by atoms with Crippen LogP contribution in [0.4, 0.5) is 5.69 Å². The van der Waals surface area contributed by atoms with Crippen molar-refractivity contribution in [2.45, 2.75) is 43.4 Å². The molecule has 0 atom stereocenters. The maximum absolute atomic E-state index is 13.0. The highest BCUT2D eigenvalue weighted by Gasteiger charge is 2.31. The first kappa shape index (κ1) is 19.0. The van der Waals surface area contributed by atoms with Gasteiger partial charge in [0.15, 0.2) is 0 Å². The van der Waals surface area contributed by atoms with Gasteiger partial charge in [-0.2, -0.15) is 0 Å². The van der Waals surface area contributed by atoms with Crippen molar-refractivity contribution in [2.75, 3.05) is 17.4 Å². The molecule has 148 valence electrons. The van der Waals surface area contributed by atoms with Crippen LogP contribution in [0.25, 0.3) is 0 Å². The van der Waals surface area contributed by atoms with E-state index in [-0.39, 0.29) is 10.8 Å². The van der Waals surface area contributed by atoms with Gasteiger partial charge in [-0.15, -0.1) is 0 Å². The van der Waals surface area contributed by atoms with Gasteiger partial charge in [-0.3, -0.25) is 9.10 Å². The summed E-state index contributed by atoms with van der Waals surface area (Å²) in [5.41, 5.74) is 2.10. The van der Waals surface area contributed by atoms with Crippen molar-refractivity contribution in [2.24, 2.45) is 5.92 Å². The molecule has 1 fully saturated rings. The quantitative estimate of drug-likeness (QED) is 0.834. The number of hydrogen-bond donors (Lipinski definition) is 1. The van der Waals surface area contributed by atoms with Crippen LogP contribution in [0.1, 0.15) is 48.0 Å². The number of rotatable bonds is 5. The smallest absolute Gasteiger partial charge is 0.264 e. The average molecular weight is 399 g/mol. The fourth-order valence-corrected chi connectivity index (χ4v) is 5.71. The first-order valence-electron chi connectivity index (χ1n) is 10.0. The van der Waals surface area contributed by atoms with Crippen molar-refractivity contribution in [1.82, 2.24) is 5.32 Å². The summed E-state index contributed by atoms with van der Waals surface area (Å²) in [5.74, 6) is 0.430. The molecule has 1 saturated carbocycles. The van der Waals surface area contributed by atoms with E-state index < -0.39 is 10.0 Å². The van der Waals surface area contributed by atoms with Gasteiger partial charge in [0.1, 0.15) is 0 Å². The number of benzene rings is 2. The first-order chi connectivity index (χ1) is 13.6. The van der Waals surface area contributed by atoms with Crippen LogP contribution in [-0.2, 0) is 16.4 Å². The van der Waals surface area contributed by atoms with E-state index >= 15 is 0 Å². The summed E-state index contributed by atoms with van der Waals surface area (Å²) < 4.78 is 27.5. The van der Waals surface area contributed by atoms with Crippen LogP contribution in [0.2, 0.25) is 0 Å². The third-order valence-corrected chi connectivity index (χ3v) is 7.64. The van der Waals surface area contributed by atoms with Crippen molar-refractivity contribution in [3.63, 3.8) is 0 Å². The number of carbonyl (C=O) groups is 1. The lowest BCUT2D eigenvalue weighted by atomic mass is 9.89. The number of hydrogen-bond acceptors (Lipinski definition) is 3. The molecule has 2 aromatic rings. The average Bonchev–Trinajstić information content (AvgIpc) is 3.17. The highest BCUT2D eigenvalue weighted by atomic mass is 32.2. The Balaban J connectivity index is 1.53. The SMILES string of the molecule is O=C(NCC1CCCCC1)c1ccc2c(c1)N(S(=O)(=O)c1ccccc1)CC2. The van der Waals surface area contributed by atoms with E-state index in [1.165, 1.54) is 36.4 Å².